The summed E-state index contributed by atoms with van der Waals surface area (Å²) in [7, 11) is 0. The largest absolute Gasteiger partial charge is 0.465 e. The number of aliphatic hydroxyl groups excluding tert-OH is 1. The summed E-state index contributed by atoms with van der Waals surface area (Å²) in [4.78, 5) is 27.1. The van der Waals surface area contributed by atoms with Gasteiger partial charge in [-0.15, -0.1) is 0 Å². The fraction of sp³-hybridized carbons (Fsp3) is 0.333. The van der Waals surface area contributed by atoms with E-state index >= 15 is 0 Å². The first-order chi connectivity index (χ1) is 13.9. The lowest BCUT2D eigenvalue weighted by Gasteiger charge is -2.35. The molecule has 2 atom stereocenters. The molecule has 0 spiro atoms. The molecule has 152 valence electrons. The van der Waals surface area contributed by atoms with Gasteiger partial charge in [-0.05, 0) is 47.5 Å². The van der Waals surface area contributed by atoms with Crippen LogP contribution < -0.4 is 10.2 Å². The maximum atomic E-state index is 13.1. The van der Waals surface area contributed by atoms with Gasteiger partial charge in [-0.3, -0.25) is 4.79 Å². The average molecular weight is 399 g/mol. The van der Waals surface area contributed by atoms with Crippen LogP contribution in [0.25, 0.3) is 0 Å². The Balaban J connectivity index is 1.51. The summed E-state index contributed by atoms with van der Waals surface area (Å²) in [5.41, 5.74) is 3.08. The summed E-state index contributed by atoms with van der Waals surface area (Å²) in [6.07, 6.45) is -1.21. The smallest absolute Gasteiger partial charge is 0.407 e. The van der Waals surface area contributed by atoms with Gasteiger partial charge in [0.1, 0.15) is 5.82 Å². The minimum Gasteiger partial charge on any atom is -0.465 e. The predicted molar refractivity (Wildman–Crippen MR) is 105 cm³/mol. The van der Waals surface area contributed by atoms with Gasteiger partial charge in [0, 0.05) is 43.9 Å². The monoisotopic (exact) mass is 399 g/mol. The number of piperazine rings is 1. The highest BCUT2D eigenvalue weighted by molar-refractivity contribution is 5.94. The average Bonchev–Trinajstić information content (AvgIpc) is 3.03. The van der Waals surface area contributed by atoms with Crippen LogP contribution in [0.5, 0.6) is 0 Å². The second kappa shape index (κ2) is 7.71. The van der Waals surface area contributed by atoms with Crippen molar-refractivity contribution in [2.45, 2.75) is 18.6 Å². The minimum absolute atomic E-state index is 0.327. The highest BCUT2D eigenvalue weighted by Crippen LogP contribution is 2.35. The van der Waals surface area contributed by atoms with Crippen LogP contribution in [0, 0.1) is 5.82 Å². The fourth-order valence-corrected chi connectivity index (χ4v) is 3.96. The molecule has 0 radical (unpaired) electrons. The number of benzene rings is 2. The zero-order chi connectivity index (χ0) is 20.5. The van der Waals surface area contributed by atoms with Gasteiger partial charge in [-0.1, -0.05) is 6.07 Å². The quantitative estimate of drug-likeness (QED) is 0.734. The lowest BCUT2D eigenvalue weighted by atomic mass is 10.0. The number of halogens is 1. The first-order valence-electron chi connectivity index (χ1n) is 9.52. The standard InChI is InChI=1S/C21H22FN3O4/c22-15-4-1-13(2-5-15)20(27)23-19-17-12-16(6-3-14(17)11-18(19)26)24-7-9-25(10-8-24)21(28)29/h1-6,12,18-19,26H,7-11H2,(H,23,27)(H,28,29)/t18-,19-/m0/s1. The van der Waals surface area contributed by atoms with E-state index in [1.807, 2.05) is 18.2 Å². The predicted octanol–water partition coefficient (Wildman–Crippen LogP) is 2.01. The maximum absolute atomic E-state index is 13.1. The van der Waals surface area contributed by atoms with Crippen LogP contribution >= 0.6 is 0 Å². The number of anilines is 1. The van der Waals surface area contributed by atoms with Crippen molar-refractivity contribution < 1.29 is 24.2 Å². The molecule has 1 aliphatic heterocycles. The number of carbonyl (C=O) groups excluding carboxylic acids is 1. The Bertz CT molecular complexity index is 926. The number of aliphatic hydroxyl groups is 1. The maximum Gasteiger partial charge on any atom is 0.407 e. The van der Waals surface area contributed by atoms with Gasteiger partial charge in [0.25, 0.3) is 5.91 Å². The van der Waals surface area contributed by atoms with Gasteiger partial charge < -0.3 is 25.3 Å². The number of rotatable bonds is 3. The van der Waals surface area contributed by atoms with Crippen LogP contribution in [-0.2, 0) is 6.42 Å². The minimum atomic E-state index is -0.912. The third-order valence-corrected chi connectivity index (χ3v) is 5.59. The number of nitrogens with zero attached hydrogens (tertiary/aromatic N) is 2. The van der Waals surface area contributed by atoms with Crippen LogP contribution in [0.15, 0.2) is 42.5 Å². The summed E-state index contributed by atoms with van der Waals surface area (Å²) in [5, 5.41) is 22.4. The molecule has 1 saturated heterocycles. The molecule has 2 aliphatic rings. The van der Waals surface area contributed by atoms with Crippen molar-refractivity contribution in [3.05, 3.63) is 65.0 Å². The Morgan fingerprint density at radius 2 is 1.72 bits per heavy atom. The molecule has 4 rings (SSSR count). The lowest BCUT2D eigenvalue weighted by molar-refractivity contribution is 0.0858. The summed E-state index contributed by atoms with van der Waals surface area (Å²) in [6.45, 7) is 2.03. The van der Waals surface area contributed by atoms with Gasteiger partial charge in [-0.2, -0.15) is 0 Å². The van der Waals surface area contributed by atoms with E-state index in [2.05, 4.69) is 10.2 Å². The Labute approximate surface area is 167 Å². The van der Waals surface area contributed by atoms with E-state index in [1.54, 1.807) is 0 Å². The molecule has 7 nitrogen and oxygen atoms in total. The van der Waals surface area contributed by atoms with E-state index in [0.717, 1.165) is 16.8 Å². The Hall–Kier alpha value is -3.13. The van der Waals surface area contributed by atoms with E-state index in [-0.39, 0.29) is 5.91 Å². The van der Waals surface area contributed by atoms with Crippen LogP contribution in [0.4, 0.5) is 14.9 Å². The number of nitrogens with one attached hydrogen (secondary N) is 1. The van der Waals surface area contributed by atoms with Crippen molar-refractivity contribution in [2.75, 3.05) is 31.1 Å². The number of fused-ring (bicyclic) bond motifs is 1. The molecule has 1 heterocycles. The summed E-state index contributed by atoms with van der Waals surface area (Å²) in [6, 6.07) is 10.6. The van der Waals surface area contributed by atoms with Crippen molar-refractivity contribution in [1.29, 1.82) is 0 Å². The van der Waals surface area contributed by atoms with Gasteiger partial charge in [0.2, 0.25) is 0 Å². The first-order valence-corrected chi connectivity index (χ1v) is 9.52. The van der Waals surface area contributed by atoms with E-state index in [9.17, 15) is 19.1 Å². The molecule has 0 aromatic heterocycles. The van der Waals surface area contributed by atoms with Crippen molar-refractivity contribution in [3.8, 4) is 0 Å². The zero-order valence-electron chi connectivity index (χ0n) is 15.7. The van der Waals surface area contributed by atoms with Gasteiger partial charge >= 0.3 is 6.09 Å². The van der Waals surface area contributed by atoms with E-state index < -0.39 is 24.1 Å². The van der Waals surface area contributed by atoms with Gasteiger partial charge in [0.05, 0.1) is 12.1 Å². The zero-order valence-corrected chi connectivity index (χ0v) is 15.7. The van der Waals surface area contributed by atoms with Crippen LogP contribution in [0.1, 0.15) is 27.5 Å². The molecular weight excluding hydrogens is 377 g/mol. The Morgan fingerprint density at radius 3 is 2.38 bits per heavy atom. The van der Waals surface area contributed by atoms with Crippen molar-refractivity contribution >= 4 is 17.7 Å². The van der Waals surface area contributed by atoms with Crippen molar-refractivity contribution in [3.63, 3.8) is 0 Å². The number of carboxylic acid groups (broad SMARTS) is 1. The summed E-state index contributed by atoms with van der Waals surface area (Å²) in [5.74, 6) is -0.789. The van der Waals surface area contributed by atoms with Crippen molar-refractivity contribution in [1.82, 2.24) is 10.2 Å². The number of hydrogen-bond acceptors (Lipinski definition) is 4. The second-order valence-electron chi connectivity index (χ2n) is 7.37. The molecule has 29 heavy (non-hydrogen) atoms. The third-order valence-electron chi connectivity index (χ3n) is 5.59. The molecule has 0 unspecified atom stereocenters. The van der Waals surface area contributed by atoms with Crippen LogP contribution in [-0.4, -0.2) is 59.4 Å². The Kier molecular flexibility index (Phi) is 5.10. The number of amides is 2. The molecule has 3 N–H and O–H groups in total. The van der Waals surface area contributed by atoms with E-state index in [4.69, 9.17) is 5.11 Å². The summed E-state index contributed by atoms with van der Waals surface area (Å²) < 4.78 is 13.1. The second-order valence-corrected chi connectivity index (χ2v) is 7.37. The highest BCUT2D eigenvalue weighted by atomic mass is 19.1. The van der Waals surface area contributed by atoms with Gasteiger partial charge in [0.15, 0.2) is 0 Å². The highest BCUT2D eigenvalue weighted by Gasteiger charge is 2.33. The first kappa shape index (κ1) is 19.2. The molecule has 2 aromatic carbocycles. The molecule has 8 heteroatoms. The van der Waals surface area contributed by atoms with Crippen LogP contribution in [0.2, 0.25) is 0 Å². The normalized spacial score (nSPS) is 21.0. The Morgan fingerprint density at radius 1 is 1.03 bits per heavy atom. The molecule has 2 aromatic rings. The molecule has 2 amide bonds. The number of hydrogen-bond donors (Lipinski definition) is 3. The number of carbonyl (C=O) groups is 2. The van der Waals surface area contributed by atoms with Crippen molar-refractivity contribution in [2.24, 2.45) is 0 Å². The lowest BCUT2D eigenvalue weighted by Crippen LogP contribution is -2.48. The molecule has 1 fully saturated rings. The molecular formula is C21H22FN3O4. The SMILES string of the molecule is O=C(N[C@H]1c2cc(N3CCN(C(=O)O)CC3)ccc2C[C@@H]1O)c1ccc(F)cc1. The topological polar surface area (TPSA) is 93.1 Å². The van der Waals surface area contributed by atoms with E-state index in [1.165, 1.54) is 29.2 Å². The van der Waals surface area contributed by atoms with Gasteiger partial charge in [-0.25, -0.2) is 9.18 Å². The third kappa shape index (κ3) is 3.88. The molecule has 1 aliphatic carbocycles. The molecule has 0 saturated carbocycles. The van der Waals surface area contributed by atoms with Crippen LogP contribution in [0.3, 0.4) is 0 Å². The molecule has 0 bridgehead atoms. The fourth-order valence-electron chi connectivity index (χ4n) is 3.96. The van der Waals surface area contributed by atoms with E-state index in [0.29, 0.717) is 38.2 Å². The summed E-state index contributed by atoms with van der Waals surface area (Å²) >= 11 is 0.